The summed E-state index contributed by atoms with van der Waals surface area (Å²) in [6.07, 6.45) is 2.49. The van der Waals surface area contributed by atoms with Crippen molar-refractivity contribution in [3.8, 4) is 0 Å². The number of carbonyl (C=O) groups is 2. The maximum atomic E-state index is 12.3. The fourth-order valence-corrected chi connectivity index (χ4v) is 2.23. The van der Waals surface area contributed by atoms with Crippen LogP contribution in [-0.2, 0) is 16.1 Å². The minimum atomic E-state index is -0.518. The molecule has 122 valence electrons. The van der Waals surface area contributed by atoms with Gasteiger partial charge in [0.05, 0.1) is 0 Å². The van der Waals surface area contributed by atoms with Gasteiger partial charge in [0, 0.05) is 19.3 Å². The SMILES string of the molecule is CCCN(Cc1ccc(C)cc1)C(=O)COC(=O)c1ccc[nH]1. The summed E-state index contributed by atoms with van der Waals surface area (Å²) in [5.41, 5.74) is 2.59. The van der Waals surface area contributed by atoms with Crippen LogP contribution < -0.4 is 0 Å². The van der Waals surface area contributed by atoms with Crippen molar-refractivity contribution in [2.24, 2.45) is 0 Å². The van der Waals surface area contributed by atoms with Gasteiger partial charge in [-0.1, -0.05) is 36.8 Å². The molecule has 0 aliphatic carbocycles. The van der Waals surface area contributed by atoms with E-state index < -0.39 is 5.97 Å². The zero-order chi connectivity index (χ0) is 16.7. The van der Waals surface area contributed by atoms with Crippen molar-refractivity contribution < 1.29 is 14.3 Å². The maximum absolute atomic E-state index is 12.3. The molecular weight excluding hydrogens is 292 g/mol. The molecule has 0 unspecified atom stereocenters. The van der Waals surface area contributed by atoms with Crippen molar-refractivity contribution in [3.05, 3.63) is 59.4 Å². The molecule has 1 aromatic heterocycles. The molecule has 0 radical (unpaired) electrons. The molecule has 23 heavy (non-hydrogen) atoms. The Morgan fingerprint density at radius 1 is 1.17 bits per heavy atom. The molecule has 1 aromatic carbocycles. The molecule has 0 fully saturated rings. The summed E-state index contributed by atoms with van der Waals surface area (Å²) in [6.45, 7) is 4.95. The number of carbonyl (C=O) groups excluding carboxylic acids is 2. The predicted molar refractivity (Wildman–Crippen MR) is 88.0 cm³/mol. The first-order chi connectivity index (χ1) is 11.1. The van der Waals surface area contributed by atoms with E-state index in [1.165, 1.54) is 5.56 Å². The molecule has 0 aliphatic rings. The molecule has 0 spiro atoms. The second-order valence-corrected chi connectivity index (χ2v) is 5.46. The summed E-state index contributed by atoms with van der Waals surface area (Å²) < 4.78 is 5.07. The van der Waals surface area contributed by atoms with Gasteiger partial charge in [-0.2, -0.15) is 0 Å². The number of nitrogens with one attached hydrogen (secondary N) is 1. The van der Waals surface area contributed by atoms with E-state index in [2.05, 4.69) is 4.98 Å². The van der Waals surface area contributed by atoms with E-state index in [-0.39, 0.29) is 12.5 Å². The molecule has 5 heteroatoms. The molecule has 0 saturated heterocycles. The van der Waals surface area contributed by atoms with Crippen LogP contribution in [0.2, 0.25) is 0 Å². The van der Waals surface area contributed by atoms with Gasteiger partial charge in [0.15, 0.2) is 6.61 Å². The Morgan fingerprint density at radius 3 is 2.52 bits per heavy atom. The first-order valence-corrected chi connectivity index (χ1v) is 7.74. The van der Waals surface area contributed by atoms with E-state index in [1.807, 2.05) is 38.1 Å². The highest BCUT2D eigenvalue weighted by Gasteiger charge is 2.16. The quantitative estimate of drug-likeness (QED) is 0.799. The molecule has 1 heterocycles. The number of hydrogen-bond acceptors (Lipinski definition) is 3. The minimum Gasteiger partial charge on any atom is -0.451 e. The van der Waals surface area contributed by atoms with Crippen LogP contribution in [0.3, 0.4) is 0 Å². The Hall–Kier alpha value is -2.56. The fraction of sp³-hybridized carbons (Fsp3) is 0.333. The maximum Gasteiger partial charge on any atom is 0.355 e. The van der Waals surface area contributed by atoms with E-state index >= 15 is 0 Å². The van der Waals surface area contributed by atoms with Crippen LogP contribution in [0.4, 0.5) is 0 Å². The van der Waals surface area contributed by atoms with Gasteiger partial charge in [0.1, 0.15) is 5.69 Å². The number of aromatic nitrogens is 1. The predicted octanol–water partition coefficient (Wildman–Crippen LogP) is 2.92. The number of aromatic amines is 1. The summed E-state index contributed by atoms with van der Waals surface area (Å²) in [5.74, 6) is -0.706. The molecule has 2 rings (SSSR count). The summed E-state index contributed by atoms with van der Waals surface area (Å²) >= 11 is 0. The van der Waals surface area contributed by atoms with Crippen LogP contribution in [0.5, 0.6) is 0 Å². The van der Waals surface area contributed by atoms with Crippen molar-refractivity contribution >= 4 is 11.9 Å². The van der Waals surface area contributed by atoms with Crippen molar-refractivity contribution in [2.45, 2.75) is 26.8 Å². The Labute approximate surface area is 136 Å². The van der Waals surface area contributed by atoms with E-state index in [1.54, 1.807) is 23.2 Å². The fourth-order valence-electron chi connectivity index (χ4n) is 2.23. The zero-order valence-corrected chi connectivity index (χ0v) is 13.5. The largest absolute Gasteiger partial charge is 0.451 e. The average molecular weight is 314 g/mol. The van der Waals surface area contributed by atoms with Crippen LogP contribution in [0, 0.1) is 6.92 Å². The Morgan fingerprint density at radius 2 is 1.91 bits per heavy atom. The summed E-state index contributed by atoms with van der Waals surface area (Å²) in [7, 11) is 0. The lowest BCUT2D eigenvalue weighted by molar-refractivity contribution is -0.135. The summed E-state index contributed by atoms with van der Waals surface area (Å²) in [5, 5.41) is 0. The highest BCUT2D eigenvalue weighted by molar-refractivity contribution is 5.89. The number of amides is 1. The van der Waals surface area contributed by atoms with E-state index in [4.69, 9.17) is 4.74 Å². The normalized spacial score (nSPS) is 10.3. The average Bonchev–Trinajstić information content (AvgIpc) is 3.08. The van der Waals surface area contributed by atoms with Crippen LogP contribution in [0.1, 0.15) is 35.0 Å². The topological polar surface area (TPSA) is 62.4 Å². The minimum absolute atomic E-state index is 0.188. The van der Waals surface area contributed by atoms with Crippen molar-refractivity contribution in [2.75, 3.05) is 13.2 Å². The molecule has 0 aliphatic heterocycles. The molecule has 0 bridgehead atoms. The van der Waals surface area contributed by atoms with Gasteiger partial charge < -0.3 is 14.6 Å². The lowest BCUT2D eigenvalue weighted by Crippen LogP contribution is -2.35. The molecule has 1 N–H and O–H groups in total. The molecule has 0 atom stereocenters. The third-order valence-electron chi connectivity index (χ3n) is 3.48. The summed E-state index contributed by atoms with van der Waals surface area (Å²) in [6, 6.07) is 11.4. The highest BCUT2D eigenvalue weighted by Crippen LogP contribution is 2.08. The monoisotopic (exact) mass is 314 g/mol. The molecule has 1 amide bonds. The van der Waals surface area contributed by atoms with Gasteiger partial charge in [-0.3, -0.25) is 4.79 Å². The highest BCUT2D eigenvalue weighted by atomic mass is 16.5. The third kappa shape index (κ3) is 4.98. The van der Waals surface area contributed by atoms with Crippen molar-refractivity contribution in [3.63, 3.8) is 0 Å². The van der Waals surface area contributed by atoms with Crippen LogP contribution in [0.15, 0.2) is 42.6 Å². The van der Waals surface area contributed by atoms with Crippen LogP contribution in [-0.4, -0.2) is 34.9 Å². The van der Waals surface area contributed by atoms with Gasteiger partial charge in [-0.15, -0.1) is 0 Å². The standard InChI is InChI=1S/C18H22N2O3/c1-3-11-20(12-15-8-6-14(2)7-9-15)17(21)13-23-18(22)16-5-4-10-19-16/h4-10,19H,3,11-13H2,1-2H3. The molecule has 0 saturated carbocycles. The van der Waals surface area contributed by atoms with Gasteiger partial charge >= 0.3 is 5.97 Å². The number of aryl methyl sites for hydroxylation is 1. The van der Waals surface area contributed by atoms with E-state index in [0.29, 0.717) is 18.8 Å². The second kappa shape index (κ2) is 8.17. The Balaban J connectivity index is 1.92. The van der Waals surface area contributed by atoms with E-state index in [0.717, 1.165) is 12.0 Å². The van der Waals surface area contributed by atoms with Crippen LogP contribution >= 0.6 is 0 Å². The molecular formula is C18H22N2O3. The first-order valence-electron chi connectivity index (χ1n) is 7.74. The zero-order valence-electron chi connectivity index (χ0n) is 13.5. The number of rotatable bonds is 7. The number of H-pyrrole nitrogens is 1. The van der Waals surface area contributed by atoms with Crippen molar-refractivity contribution in [1.29, 1.82) is 0 Å². The summed E-state index contributed by atoms with van der Waals surface area (Å²) in [4.78, 5) is 28.6. The number of ether oxygens (including phenoxy) is 1. The van der Waals surface area contributed by atoms with Gasteiger partial charge in [0.2, 0.25) is 0 Å². The molecule has 2 aromatic rings. The van der Waals surface area contributed by atoms with E-state index in [9.17, 15) is 9.59 Å². The first kappa shape index (κ1) is 16.8. The van der Waals surface area contributed by atoms with Gasteiger partial charge in [-0.25, -0.2) is 4.79 Å². The second-order valence-electron chi connectivity index (χ2n) is 5.46. The Bertz CT molecular complexity index is 633. The smallest absolute Gasteiger partial charge is 0.355 e. The van der Waals surface area contributed by atoms with Crippen molar-refractivity contribution in [1.82, 2.24) is 9.88 Å². The Kier molecular flexibility index (Phi) is 5.97. The number of esters is 1. The third-order valence-corrected chi connectivity index (χ3v) is 3.48. The molecule has 5 nitrogen and oxygen atoms in total. The van der Waals surface area contributed by atoms with Crippen LogP contribution in [0.25, 0.3) is 0 Å². The van der Waals surface area contributed by atoms with Gasteiger partial charge in [-0.05, 0) is 31.0 Å². The van der Waals surface area contributed by atoms with Gasteiger partial charge in [0.25, 0.3) is 5.91 Å². The lowest BCUT2D eigenvalue weighted by atomic mass is 10.1. The number of hydrogen-bond donors (Lipinski definition) is 1. The lowest BCUT2D eigenvalue weighted by Gasteiger charge is -2.22. The number of nitrogens with zero attached hydrogens (tertiary/aromatic N) is 1. The number of benzene rings is 1.